The van der Waals surface area contributed by atoms with Crippen LogP contribution in [0.4, 0.5) is 8.78 Å². The summed E-state index contributed by atoms with van der Waals surface area (Å²) in [5.41, 5.74) is 7.29. The summed E-state index contributed by atoms with van der Waals surface area (Å²) in [6.07, 6.45) is 2.96. The topological polar surface area (TPSA) is 118 Å². The van der Waals surface area contributed by atoms with E-state index in [1.165, 1.54) is 6.20 Å². The van der Waals surface area contributed by atoms with E-state index in [1.807, 2.05) is 25.1 Å². The number of H-pyrrole nitrogens is 2. The number of aromatic amines is 2. The molecule has 4 N–H and O–H groups in total. The van der Waals surface area contributed by atoms with Crippen LogP contribution in [0.3, 0.4) is 0 Å². The predicted octanol–water partition coefficient (Wildman–Crippen LogP) is 4.02. The Morgan fingerprint density at radius 1 is 1.03 bits per heavy atom. The molecule has 0 spiro atoms. The van der Waals surface area contributed by atoms with Gasteiger partial charge in [-0.05, 0) is 42.8 Å². The molecule has 0 atom stereocenters. The Bertz CT molecular complexity index is 1570. The number of hydrogen-bond acceptors (Lipinski definition) is 4. The number of aryl methyl sites for hydroxylation is 1. The number of carbonyl (C=O) groups is 2. The van der Waals surface area contributed by atoms with Gasteiger partial charge in [-0.25, -0.2) is 18.7 Å². The van der Waals surface area contributed by atoms with Crippen molar-refractivity contribution in [1.29, 1.82) is 0 Å². The van der Waals surface area contributed by atoms with Crippen molar-refractivity contribution in [3.05, 3.63) is 82.9 Å². The molecule has 0 saturated carbocycles. The van der Waals surface area contributed by atoms with Crippen molar-refractivity contribution in [1.82, 2.24) is 19.9 Å². The van der Waals surface area contributed by atoms with Gasteiger partial charge in [0.2, 0.25) is 5.78 Å². The molecule has 158 valence electrons. The van der Waals surface area contributed by atoms with Gasteiger partial charge in [-0.2, -0.15) is 0 Å². The van der Waals surface area contributed by atoms with Gasteiger partial charge in [-0.1, -0.05) is 6.07 Å². The molecule has 0 radical (unpaired) electrons. The van der Waals surface area contributed by atoms with Crippen molar-refractivity contribution >= 4 is 33.8 Å². The number of primary amides is 1. The first kappa shape index (κ1) is 19.6. The Labute approximate surface area is 179 Å². The minimum atomic E-state index is -1.29. The normalized spacial score (nSPS) is 11.3. The average molecular weight is 431 g/mol. The van der Waals surface area contributed by atoms with E-state index in [4.69, 9.17) is 5.73 Å². The summed E-state index contributed by atoms with van der Waals surface area (Å²) >= 11 is 0. The molecule has 0 unspecified atom stereocenters. The molecule has 32 heavy (non-hydrogen) atoms. The van der Waals surface area contributed by atoms with E-state index in [2.05, 4.69) is 19.9 Å². The van der Waals surface area contributed by atoms with E-state index in [0.29, 0.717) is 16.6 Å². The van der Waals surface area contributed by atoms with Crippen LogP contribution in [0.2, 0.25) is 0 Å². The molecule has 1 amide bonds. The van der Waals surface area contributed by atoms with E-state index >= 15 is 0 Å². The summed E-state index contributed by atoms with van der Waals surface area (Å²) in [5.74, 6) is -3.61. The second kappa shape index (κ2) is 7.09. The number of imidazole rings is 1. The number of carbonyl (C=O) groups excluding carboxylic acids is 2. The average Bonchev–Trinajstić information content (AvgIpc) is 3.34. The number of aromatic nitrogens is 4. The number of ketones is 1. The molecule has 5 aromatic rings. The molecule has 2 aromatic carbocycles. The third kappa shape index (κ3) is 3.02. The molecule has 0 aliphatic heterocycles. The third-order valence-corrected chi connectivity index (χ3v) is 5.29. The van der Waals surface area contributed by atoms with Gasteiger partial charge in [-0.3, -0.25) is 9.59 Å². The quantitative estimate of drug-likeness (QED) is 0.373. The molecule has 3 heterocycles. The molecule has 5 rings (SSSR count). The van der Waals surface area contributed by atoms with E-state index < -0.39 is 34.5 Å². The van der Waals surface area contributed by atoms with E-state index in [9.17, 15) is 18.4 Å². The maximum atomic E-state index is 14.7. The van der Waals surface area contributed by atoms with Crippen LogP contribution >= 0.6 is 0 Å². The van der Waals surface area contributed by atoms with Gasteiger partial charge < -0.3 is 15.7 Å². The number of nitrogens with one attached hydrogen (secondary N) is 2. The second-order valence-electron chi connectivity index (χ2n) is 7.35. The van der Waals surface area contributed by atoms with Crippen molar-refractivity contribution < 1.29 is 18.4 Å². The first-order valence-corrected chi connectivity index (χ1v) is 9.60. The monoisotopic (exact) mass is 431 g/mol. The van der Waals surface area contributed by atoms with Crippen LogP contribution in [0.5, 0.6) is 0 Å². The van der Waals surface area contributed by atoms with Gasteiger partial charge in [0.15, 0.2) is 0 Å². The maximum Gasteiger partial charge on any atom is 0.251 e. The summed E-state index contributed by atoms with van der Waals surface area (Å²) in [7, 11) is 0. The van der Waals surface area contributed by atoms with E-state index in [1.54, 1.807) is 12.3 Å². The lowest BCUT2D eigenvalue weighted by Crippen LogP contribution is -2.17. The minimum absolute atomic E-state index is 0.0189. The molecule has 0 saturated heterocycles. The number of halogens is 2. The standard InChI is InChI=1S/C23H15F2N5O2/c1-10-29-17-5-2-11(7-18(17)30-10)12-6-14-15(9-28-23(14)27-8-12)21(31)19-16(24)4-3-13(20(19)25)22(26)32/h2-9H,1H3,(H2,26,32)(H,27,28)(H,29,30). The van der Waals surface area contributed by atoms with Gasteiger partial charge >= 0.3 is 0 Å². The lowest BCUT2D eigenvalue weighted by atomic mass is 9.98. The predicted molar refractivity (Wildman–Crippen MR) is 114 cm³/mol. The number of rotatable bonds is 4. The van der Waals surface area contributed by atoms with Crippen LogP contribution in [0.15, 0.2) is 48.8 Å². The van der Waals surface area contributed by atoms with Gasteiger partial charge in [-0.15, -0.1) is 0 Å². The van der Waals surface area contributed by atoms with Crippen LogP contribution in [0.25, 0.3) is 33.2 Å². The van der Waals surface area contributed by atoms with Gasteiger partial charge in [0.25, 0.3) is 5.91 Å². The number of pyridine rings is 1. The number of benzene rings is 2. The van der Waals surface area contributed by atoms with Crippen molar-refractivity contribution in [2.75, 3.05) is 0 Å². The molecular formula is C23H15F2N5O2. The molecule has 7 nitrogen and oxygen atoms in total. The number of amides is 1. The first-order valence-electron chi connectivity index (χ1n) is 9.60. The molecule has 0 aliphatic rings. The lowest BCUT2D eigenvalue weighted by Gasteiger charge is -2.07. The Kier molecular flexibility index (Phi) is 4.33. The summed E-state index contributed by atoms with van der Waals surface area (Å²) in [4.78, 5) is 39.2. The highest BCUT2D eigenvalue weighted by Crippen LogP contribution is 2.29. The smallest absolute Gasteiger partial charge is 0.251 e. The van der Waals surface area contributed by atoms with Crippen molar-refractivity contribution in [2.24, 2.45) is 5.73 Å². The Balaban J connectivity index is 1.64. The zero-order chi connectivity index (χ0) is 22.6. The van der Waals surface area contributed by atoms with Crippen molar-refractivity contribution in [2.45, 2.75) is 6.92 Å². The SMILES string of the molecule is Cc1nc2cc(-c3cnc4[nH]cc(C(=O)c5c(F)ccc(C(N)=O)c5F)c4c3)ccc2[nH]1. The van der Waals surface area contributed by atoms with Crippen LogP contribution in [0, 0.1) is 18.6 Å². The highest BCUT2D eigenvalue weighted by atomic mass is 19.1. The van der Waals surface area contributed by atoms with Crippen LogP contribution in [0.1, 0.15) is 32.1 Å². The van der Waals surface area contributed by atoms with Crippen molar-refractivity contribution in [3.8, 4) is 11.1 Å². The highest BCUT2D eigenvalue weighted by molar-refractivity contribution is 6.17. The third-order valence-electron chi connectivity index (χ3n) is 5.29. The fourth-order valence-corrected chi connectivity index (χ4v) is 3.75. The Morgan fingerprint density at radius 2 is 1.84 bits per heavy atom. The molecule has 0 bridgehead atoms. The number of fused-ring (bicyclic) bond motifs is 2. The largest absolute Gasteiger partial charge is 0.366 e. The van der Waals surface area contributed by atoms with Gasteiger partial charge in [0.1, 0.15) is 23.1 Å². The molecular weight excluding hydrogens is 416 g/mol. The van der Waals surface area contributed by atoms with E-state index in [0.717, 1.165) is 34.6 Å². The Hall–Kier alpha value is -4.40. The fraction of sp³-hybridized carbons (Fsp3) is 0.0435. The number of hydrogen-bond donors (Lipinski definition) is 3. The number of nitrogens with two attached hydrogens (primary N) is 1. The first-order chi connectivity index (χ1) is 15.3. The highest BCUT2D eigenvalue weighted by Gasteiger charge is 2.26. The van der Waals surface area contributed by atoms with Crippen LogP contribution < -0.4 is 5.73 Å². The number of nitrogens with zero attached hydrogens (tertiary/aromatic N) is 2. The molecule has 9 heteroatoms. The lowest BCUT2D eigenvalue weighted by molar-refractivity contribution is 0.0996. The molecule has 0 aliphatic carbocycles. The zero-order valence-electron chi connectivity index (χ0n) is 16.7. The van der Waals surface area contributed by atoms with Crippen LogP contribution in [-0.2, 0) is 0 Å². The second-order valence-corrected chi connectivity index (χ2v) is 7.35. The fourth-order valence-electron chi connectivity index (χ4n) is 3.75. The van der Waals surface area contributed by atoms with E-state index in [-0.39, 0.29) is 5.56 Å². The van der Waals surface area contributed by atoms with Crippen molar-refractivity contribution in [3.63, 3.8) is 0 Å². The summed E-state index contributed by atoms with van der Waals surface area (Å²) < 4.78 is 29.1. The molecule has 0 fully saturated rings. The van der Waals surface area contributed by atoms with Crippen LogP contribution in [-0.4, -0.2) is 31.6 Å². The Morgan fingerprint density at radius 3 is 2.62 bits per heavy atom. The summed E-state index contributed by atoms with van der Waals surface area (Å²) in [6, 6.07) is 9.11. The minimum Gasteiger partial charge on any atom is -0.366 e. The van der Waals surface area contributed by atoms with Gasteiger partial charge in [0.05, 0.1) is 22.2 Å². The van der Waals surface area contributed by atoms with Gasteiger partial charge in [0, 0.05) is 28.9 Å². The maximum absolute atomic E-state index is 14.7. The zero-order valence-corrected chi connectivity index (χ0v) is 16.7. The molecule has 3 aromatic heterocycles. The summed E-state index contributed by atoms with van der Waals surface area (Å²) in [5, 5.41) is 0.383. The summed E-state index contributed by atoms with van der Waals surface area (Å²) in [6.45, 7) is 1.86.